The van der Waals surface area contributed by atoms with Crippen LogP contribution in [0.3, 0.4) is 0 Å². The Hall–Kier alpha value is -2.41. The molecule has 0 saturated heterocycles. The summed E-state index contributed by atoms with van der Waals surface area (Å²) in [6.45, 7) is 1.82. The van der Waals surface area contributed by atoms with Crippen LogP contribution < -0.4 is 10.6 Å². The molecule has 1 heterocycles. The molecule has 2 aromatic rings. The number of hydrogen-bond donors (Lipinski definition) is 2. The maximum Gasteiger partial charge on any atom is 0.191 e. The topological polar surface area (TPSA) is 44.6 Å². The molecule has 5 nitrogen and oxygen atoms in total. The van der Waals surface area contributed by atoms with E-state index in [1.807, 2.05) is 24.5 Å². The zero-order valence-electron chi connectivity index (χ0n) is 14.8. The summed E-state index contributed by atoms with van der Waals surface area (Å²) in [5.74, 6) is -0.497. The van der Waals surface area contributed by atoms with Crippen LogP contribution >= 0.6 is 0 Å². The first-order chi connectivity index (χ1) is 12.0. The summed E-state index contributed by atoms with van der Waals surface area (Å²) in [6.07, 6.45) is 3.97. The molecule has 2 rings (SSSR count). The first-order valence-corrected chi connectivity index (χ1v) is 8.18. The number of likely N-dealkylation sites (N-methyl/N-ethyl adjacent to an activating group) is 1. The molecule has 0 fully saturated rings. The number of aromatic nitrogens is 1. The number of hydrogen-bond acceptors (Lipinski definition) is 2. The van der Waals surface area contributed by atoms with Crippen LogP contribution in [0.4, 0.5) is 8.78 Å². The van der Waals surface area contributed by atoms with Crippen LogP contribution in [0, 0.1) is 11.6 Å². The molecule has 1 unspecified atom stereocenters. The Labute approximate surface area is 147 Å². The van der Waals surface area contributed by atoms with Gasteiger partial charge in [0.1, 0.15) is 11.6 Å². The Morgan fingerprint density at radius 1 is 1.12 bits per heavy atom. The summed E-state index contributed by atoms with van der Waals surface area (Å²) >= 11 is 0. The van der Waals surface area contributed by atoms with Crippen LogP contribution in [0.25, 0.3) is 0 Å². The smallest absolute Gasteiger partial charge is 0.191 e. The summed E-state index contributed by atoms with van der Waals surface area (Å²) in [5.41, 5.74) is 0.0581. The highest BCUT2D eigenvalue weighted by Crippen LogP contribution is 2.23. The fraction of sp³-hybridized carbons (Fsp3) is 0.389. The summed E-state index contributed by atoms with van der Waals surface area (Å²) in [6, 6.07) is 7.41. The van der Waals surface area contributed by atoms with Gasteiger partial charge >= 0.3 is 0 Å². The van der Waals surface area contributed by atoms with Crippen LogP contribution in [0.2, 0.25) is 0 Å². The number of aliphatic imine (C=N–C) groups is 1. The van der Waals surface area contributed by atoms with E-state index >= 15 is 0 Å². The van der Waals surface area contributed by atoms with Crippen LogP contribution in [0.1, 0.15) is 11.6 Å². The van der Waals surface area contributed by atoms with Crippen molar-refractivity contribution in [3.63, 3.8) is 0 Å². The third kappa shape index (κ3) is 5.29. The van der Waals surface area contributed by atoms with E-state index in [9.17, 15) is 8.78 Å². The lowest BCUT2D eigenvalue weighted by molar-refractivity contribution is 0.282. The highest BCUT2D eigenvalue weighted by molar-refractivity contribution is 5.79. The summed E-state index contributed by atoms with van der Waals surface area (Å²) < 4.78 is 30.2. The number of rotatable bonds is 7. The van der Waals surface area contributed by atoms with Crippen molar-refractivity contribution in [1.29, 1.82) is 0 Å². The minimum atomic E-state index is -0.545. The predicted octanol–water partition coefficient (Wildman–Crippen LogP) is 2.23. The van der Waals surface area contributed by atoms with Gasteiger partial charge in [-0.05, 0) is 38.4 Å². The molecule has 7 heteroatoms. The van der Waals surface area contributed by atoms with Crippen molar-refractivity contribution < 1.29 is 8.78 Å². The Bertz CT molecular complexity index is 663. The van der Waals surface area contributed by atoms with Gasteiger partial charge < -0.3 is 20.1 Å². The lowest BCUT2D eigenvalue weighted by Gasteiger charge is -2.26. The van der Waals surface area contributed by atoms with Crippen LogP contribution in [0.15, 0.2) is 47.7 Å². The minimum absolute atomic E-state index is 0.0581. The monoisotopic (exact) mass is 349 g/mol. The molecule has 0 aliphatic heterocycles. The van der Waals surface area contributed by atoms with Crippen molar-refractivity contribution in [2.75, 3.05) is 34.2 Å². The van der Waals surface area contributed by atoms with Crippen molar-refractivity contribution in [2.45, 2.75) is 12.6 Å². The van der Waals surface area contributed by atoms with Gasteiger partial charge in [-0.1, -0.05) is 6.07 Å². The van der Waals surface area contributed by atoms with E-state index in [-0.39, 0.29) is 5.56 Å². The number of nitrogens with one attached hydrogen (secondary N) is 2. The van der Waals surface area contributed by atoms with Crippen LogP contribution in [-0.2, 0) is 6.54 Å². The molecule has 1 aromatic heterocycles. The van der Waals surface area contributed by atoms with Crippen molar-refractivity contribution in [1.82, 2.24) is 20.1 Å². The van der Waals surface area contributed by atoms with E-state index < -0.39 is 17.7 Å². The van der Waals surface area contributed by atoms with Gasteiger partial charge in [-0.3, -0.25) is 4.99 Å². The molecule has 0 aliphatic rings. The molecule has 0 amide bonds. The van der Waals surface area contributed by atoms with E-state index in [1.165, 1.54) is 18.2 Å². The number of guanidine groups is 1. The van der Waals surface area contributed by atoms with Crippen LogP contribution in [-0.4, -0.2) is 49.7 Å². The van der Waals surface area contributed by atoms with Gasteiger partial charge in [0, 0.05) is 44.6 Å². The normalized spacial score (nSPS) is 13.1. The fourth-order valence-corrected chi connectivity index (χ4v) is 2.61. The Balaban J connectivity index is 1.95. The van der Waals surface area contributed by atoms with Gasteiger partial charge in [-0.2, -0.15) is 0 Å². The minimum Gasteiger partial charge on any atom is -0.355 e. The SMILES string of the molecule is CN=C(NCCn1cccc1)NCC(c1c(F)cccc1F)N(C)C. The molecule has 25 heavy (non-hydrogen) atoms. The molecule has 0 radical (unpaired) electrons. The molecular weight excluding hydrogens is 324 g/mol. The van der Waals surface area contributed by atoms with E-state index in [1.54, 1.807) is 26.0 Å². The fourth-order valence-electron chi connectivity index (χ4n) is 2.61. The molecule has 136 valence electrons. The Morgan fingerprint density at radius 3 is 2.32 bits per heavy atom. The number of benzene rings is 1. The summed E-state index contributed by atoms with van der Waals surface area (Å²) in [7, 11) is 5.25. The lowest BCUT2D eigenvalue weighted by atomic mass is 10.0. The maximum absolute atomic E-state index is 14.1. The molecular formula is C18H25F2N5. The summed E-state index contributed by atoms with van der Waals surface area (Å²) in [5, 5.41) is 6.33. The van der Waals surface area contributed by atoms with Gasteiger partial charge in [-0.25, -0.2) is 8.78 Å². The zero-order chi connectivity index (χ0) is 18.2. The first-order valence-electron chi connectivity index (χ1n) is 8.18. The van der Waals surface area contributed by atoms with Crippen molar-refractivity contribution in [3.8, 4) is 0 Å². The van der Waals surface area contributed by atoms with Crippen LogP contribution in [0.5, 0.6) is 0 Å². The highest BCUT2D eigenvalue weighted by Gasteiger charge is 2.22. The Kier molecular flexibility index (Phi) is 6.94. The third-order valence-electron chi connectivity index (χ3n) is 3.97. The van der Waals surface area contributed by atoms with Gasteiger partial charge in [0.05, 0.1) is 6.04 Å². The van der Waals surface area contributed by atoms with Gasteiger partial charge in [0.25, 0.3) is 0 Å². The molecule has 0 bridgehead atoms. The largest absolute Gasteiger partial charge is 0.355 e. The van der Waals surface area contributed by atoms with E-state index in [4.69, 9.17) is 0 Å². The number of halogens is 2. The van der Waals surface area contributed by atoms with E-state index in [2.05, 4.69) is 20.2 Å². The quantitative estimate of drug-likeness (QED) is 0.595. The van der Waals surface area contributed by atoms with E-state index in [0.717, 1.165) is 6.54 Å². The standard InChI is InChI=1S/C18H25F2N5/c1-21-18(22-9-12-25-10-4-5-11-25)23-13-16(24(2)3)17-14(19)7-6-8-15(17)20/h4-8,10-11,16H,9,12-13H2,1-3H3,(H2,21,22,23). The molecule has 0 aliphatic carbocycles. The second-order valence-electron chi connectivity index (χ2n) is 5.92. The maximum atomic E-state index is 14.1. The lowest BCUT2D eigenvalue weighted by Crippen LogP contribution is -2.43. The van der Waals surface area contributed by atoms with Crippen molar-refractivity contribution in [2.24, 2.45) is 4.99 Å². The van der Waals surface area contributed by atoms with Gasteiger partial charge in [-0.15, -0.1) is 0 Å². The molecule has 1 atom stereocenters. The Morgan fingerprint density at radius 2 is 1.76 bits per heavy atom. The van der Waals surface area contributed by atoms with Crippen molar-refractivity contribution in [3.05, 3.63) is 59.9 Å². The molecule has 0 spiro atoms. The highest BCUT2D eigenvalue weighted by atomic mass is 19.1. The average Bonchev–Trinajstić information content (AvgIpc) is 3.08. The number of nitrogens with zero attached hydrogens (tertiary/aromatic N) is 3. The first kappa shape index (κ1) is 18.9. The zero-order valence-corrected chi connectivity index (χ0v) is 14.8. The second kappa shape index (κ2) is 9.17. The van der Waals surface area contributed by atoms with Gasteiger partial charge in [0.15, 0.2) is 5.96 Å². The average molecular weight is 349 g/mol. The summed E-state index contributed by atoms with van der Waals surface area (Å²) in [4.78, 5) is 5.94. The van der Waals surface area contributed by atoms with Crippen molar-refractivity contribution >= 4 is 5.96 Å². The second-order valence-corrected chi connectivity index (χ2v) is 5.92. The van der Waals surface area contributed by atoms with E-state index in [0.29, 0.717) is 19.0 Å². The predicted molar refractivity (Wildman–Crippen MR) is 96.6 cm³/mol. The molecule has 1 aromatic carbocycles. The molecule has 2 N–H and O–H groups in total. The molecule has 0 saturated carbocycles. The van der Waals surface area contributed by atoms with Gasteiger partial charge in [0.2, 0.25) is 0 Å². The third-order valence-corrected chi connectivity index (χ3v) is 3.97.